The van der Waals surface area contributed by atoms with Gasteiger partial charge in [-0.15, -0.1) is 12.4 Å². The van der Waals surface area contributed by atoms with Gasteiger partial charge in [0.2, 0.25) is 0 Å². The van der Waals surface area contributed by atoms with Crippen molar-refractivity contribution in [3.8, 4) is 5.69 Å². The number of benzene rings is 1. The van der Waals surface area contributed by atoms with Gasteiger partial charge in [-0.05, 0) is 57.3 Å². The minimum absolute atomic E-state index is 0. The summed E-state index contributed by atoms with van der Waals surface area (Å²) in [5.41, 5.74) is 3.68. The second-order valence-corrected chi connectivity index (χ2v) is 6.25. The molecule has 1 saturated heterocycles. The molecule has 5 nitrogen and oxygen atoms in total. The Hall–Kier alpha value is -1.85. The Morgan fingerprint density at radius 2 is 2.17 bits per heavy atom. The van der Waals surface area contributed by atoms with Crippen LogP contribution in [0.25, 0.3) is 5.69 Å². The molecule has 1 amide bonds. The Kier molecular flexibility index (Phi) is 6.40. The third kappa shape index (κ3) is 3.97. The smallest absolute Gasteiger partial charge is 0.254 e. The van der Waals surface area contributed by atoms with Crippen molar-refractivity contribution in [1.82, 2.24) is 20.4 Å². The summed E-state index contributed by atoms with van der Waals surface area (Å²) in [6, 6.07) is 8.05. The molecule has 0 radical (unpaired) electrons. The Bertz CT molecular complexity index is 692. The number of amides is 1. The van der Waals surface area contributed by atoms with Gasteiger partial charge in [0.15, 0.2) is 0 Å². The molecule has 0 spiro atoms. The minimum atomic E-state index is -0.0340. The lowest BCUT2D eigenvalue weighted by atomic mass is 10.1. The summed E-state index contributed by atoms with van der Waals surface area (Å²) in [4.78, 5) is 12.4. The van der Waals surface area contributed by atoms with Crippen LogP contribution in [0, 0.1) is 19.8 Å². The fourth-order valence-corrected chi connectivity index (χ4v) is 3.12. The zero-order valence-electron chi connectivity index (χ0n) is 14.2. The molecule has 2 N–H and O–H groups in total. The molecule has 1 aromatic carbocycles. The monoisotopic (exact) mass is 348 g/mol. The first-order valence-electron chi connectivity index (χ1n) is 8.26. The van der Waals surface area contributed by atoms with Gasteiger partial charge in [-0.25, -0.2) is 4.68 Å². The number of nitrogens with zero attached hydrogens (tertiary/aromatic N) is 2. The zero-order chi connectivity index (χ0) is 16.2. The van der Waals surface area contributed by atoms with Crippen molar-refractivity contribution >= 4 is 18.3 Å². The molecule has 0 aliphatic carbocycles. The van der Waals surface area contributed by atoms with E-state index in [4.69, 9.17) is 0 Å². The number of carbonyl (C=O) groups excluding carboxylic acids is 1. The minimum Gasteiger partial charge on any atom is -0.352 e. The standard InChI is InChI=1S/C18H24N4O.ClH/c1-13-5-3-4-6-17(13)22-14(2)16(12-21-22)18(23)20-10-8-15-7-9-19-11-15;/h3-6,12,15,19H,7-11H2,1-2H3,(H,20,23);1H. The number of aryl methyl sites for hydroxylation is 1. The van der Waals surface area contributed by atoms with E-state index in [-0.39, 0.29) is 18.3 Å². The molecule has 1 aliphatic heterocycles. The highest BCUT2D eigenvalue weighted by molar-refractivity contribution is 5.95. The summed E-state index contributed by atoms with van der Waals surface area (Å²) in [7, 11) is 0. The van der Waals surface area contributed by atoms with E-state index >= 15 is 0 Å². The maximum Gasteiger partial charge on any atom is 0.254 e. The fraction of sp³-hybridized carbons (Fsp3) is 0.444. The van der Waals surface area contributed by atoms with Crippen LogP contribution in [0.2, 0.25) is 0 Å². The number of carbonyl (C=O) groups is 1. The number of para-hydroxylation sites is 1. The fourth-order valence-electron chi connectivity index (χ4n) is 3.12. The molecule has 1 aromatic heterocycles. The zero-order valence-corrected chi connectivity index (χ0v) is 15.0. The van der Waals surface area contributed by atoms with E-state index in [1.807, 2.05) is 42.8 Å². The largest absolute Gasteiger partial charge is 0.352 e. The van der Waals surface area contributed by atoms with Crippen molar-refractivity contribution < 1.29 is 4.79 Å². The summed E-state index contributed by atoms with van der Waals surface area (Å²) in [6.45, 7) is 6.88. The first-order chi connectivity index (χ1) is 11.2. The van der Waals surface area contributed by atoms with Crippen LogP contribution >= 0.6 is 12.4 Å². The maximum atomic E-state index is 12.4. The first-order valence-corrected chi connectivity index (χ1v) is 8.26. The van der Waals surface area contributed by atoms with Gasteiger partial charge >= 0.3 is 0 Å². The van der Waals surface area contributed by atoms with Gasteiger partial charge in [0.1, 0.15) is 0 Å². The molecular weight excluding hydrogens is 324 g/mol. The van der Waals surface area contributed by atoms with E-state index in [1.165, 1.54) is 6.42 Å². The molecule has 1 atom stereocenters. The second kappa shape index (κ2) is 8.31. The predicted molar refractivity (Wildman–Crippen MR) is 98.2 cm³/mol. The molecule has 1 aliphatic rings. The van der Waals surface area contributed by atoms with Crippen LogP contribution in [0.4, 0.5) is 0 Å². The van der Waals surface area contributed by atoms with Gasteiger partial charge in [0, 0.05) is 6.54 Å². The van der Waals surface area contributed by atoms with Crippen molar-refractivity contribution in [2.75, 3.05) is 19.6 Å². The van der Waals surface area contributed by atoms with Crippen LogP contribution in [-0.2, 0) is 0 Å². The van der Waals surface area contributed by atoms with Crippen LogP contribution in [0.3, 0.4) is 0 Å². The SMILES string of the molecule is Cc1ccccc1-n1ncc(C(=O)NCCC2CCNC2)c1C.Cl. The number of rotatable bonds is 5. The van der Waals surface area contributed by atoms with Crippen molar-refractivity contribution in [2.24, 2.45) is 5.92 Å². The van der Waals surface area contributed by atoms with E-state index in [0.717, 1.165) is 43.0 Å². The number of halogens is 1. The Morgan fingerprint density at radius 3 is 2.88 bits per heavy atom. The molecule has 3 rings (SSSR count). The molecule has 0 bridgehead atoms. The lowest BCUT2D eigenvalue weighted by Crippen LogP contribution is -2.26. The van der Waals surface area contributed by atoms with Gasteiger partial charge in [0.25, 0.3) is 5.91 Å². The first kappa shape index (κ1) is 18.5. The highest BCUT2D eigenvalue weighted by Crippen LogP contribution is 2.17. The number of nitrogens with one attached hydrogen (secondary N) is 2. The Balaban J connectivity index is 0.00000208. The van der Waals surface area contributed by atoms with E-state index < -0.39 is 0 Å². The van der Waals surface area contributed by atoms with Crippen LogP contribution in [0.15, 0.2) is 30.5 Å². The summed E-state index contributed by atoms with van der Waals surface area (Å²) in [5.74, 6) is 0.652. The molecule has 130 valence electrons. The summed E-state index contributed by atoms with van der Waals surface area (Å²) < 4.78 is 1.84. The Morgan fingerprint density at radius 1 is 1.38 bits per heavy atom. The summed E-state index contributed by atoms with van der Waals surface area (Å²) in [5, 5.41) is 10.8. The van der Waals surface area contributed by atoms with Gasteiger partial charge in [-0.1, -0.05) is 18.2 Å². The number of hydrogen-bond donors (Lipinski definition) is 2. The van der Waals surface area contributed by atoms with Crippen molar-refractivity contribution in [2.45, 2.75) is 26.7 Å². The molecule has 2 heterocycles. The second-order valence-electron chi connectivity index (χ2n) is 6.25. The molecule has 6 heteroatoms. The highest BCUT2D eigenvalue weighted by atomic mass is 35.5. The maximum absolute atomic E-state index is 12.4. The van der Waals surface area contributed by atoms with Crippen molar-refractivity contribution in [1.29, 1.82) is 0 Å². The molecule has 0 saturated carbocycles. The van der Waals surface area contributed by atoms with E-state index in [1.54, 1.807) is 6.20 Å². The van der Waals surface area contributed by atoms with Gasteiger partial charge < -0.3 is 10.6 Å². The predicted octanol–water partition coefficient (Wildman–Crippen LogP) is 2.64. The lowest BCUT2D eigenvalue weighted by molar-refractivity contribution is 0.0951. The highest BCUT2D eigenvalue weighted by Gasteiger charge is 2.17. The number of aromatic nitrogens is 2. The van der Waals surface area contributed by atoms with Crippen molar-refractivity contribution in [3.05, 3.63) is 47.3 Å². The molecule has 1 fully saturated rings. The topological polar surface area (TPSA) is 59.0 Å². The molecule has 1 unspecified atom stereocenters. The van der Waals surface area contributed by atoms with Gasteiger partial charge in [0.05, 0.1) is 23.1 Å². The van der Waals surface area contributed by atoms with Crippen LogP contribution < -0.4 is 10.6 Å². The van der Waals surface area contributed by atoms with Crippen LogP contribution in [-0.4, -0.2) is 35.3 Å². The average Bonchev–Trinajstić information content (AvgIpc) is 3.18. The molecular formula is C18H25ClN4O. The van der Waals surface area contributed by atoms with Crippen LogP contribution in [0.1, 0.15) is 34.5 Å². The average molecular weight is 349 g/mol. The quantitative estimate of drug-likeness (QED) is 0.873. The van der Waals surface area contributed by atoms with Crippen LogP contribution in [0.5, 0.6) is 0 Å². The normalized spacial score (nSPS) is 16.7. The van der Waals surface area contributed by atoms with Gasteiger partial charge in [-0.2, -0.15) is 5.10 Å². The number of hydrogen-bond acceptors (Lipinski definition) is 3. The van der Waals surface area contributed by atoms with E-state index in [0.29, 0.717) is 11.5 Å². The third-order valence-corrected chi connectivity index (χ3v) is 4.60. The van der Waals surface area contributed by atoms with E-state index in [9.17, 15) is 4.79 Å². The van der Waals surface area contributed by atoms with Gasteiger partial charge in [-0.3, -0.25) is 4.79 Å². The third-order valence-electron chi connectivity index (χ3n) is 4.60. The van der Waals surface area contributed by atoms with Crippen molar-refractivity contribution in [3.63, 3.8) is 0 Å². The Labute approximate surface area is 149 Å². The van der Waals surface area contributed by atoms with E-state index in [2.05, 4.69) is 15.7 Å². The molecule has 2 aromatic rings. The molecule has 24 heavy (non-hydrogen) atoms. The summed E-state index contributed by atoms with van der Waals surface area (Å²) in [6.07, 6.45) is 3.90. The summed E-state index contributed by atoms with van der Waals surface area (Å²) >= 11 is 0. The lowest BCUT2D eigenvalue weighted by Gasteiger charge is -2.10.